The van der Waals surface area contributed by atoms with Crippen molar-refractivity contribution in [3.63, 3.8) is 0 Å². The molecule has 0 unspecified atom stereocenters. The highest BCUT2D eigenvalue weighted by Gasteiger charge is 2.44. The minimum atomic E-state index is -1.05. The fourth-order valence-electron chi connectivity index (χ4n) is 5.88. The molecule has 0 aliphatic carbocycles. The summed E-state index contributed by atoms with van der Waals surface area (Å²) in [7, 11) is 1.62. The van der Waals surface area contributed by atoms with Crippen molar-refractivity contribution in [2.24, 2.45) is 5.92 Å². The van der Waals surface area contributed by atoms with Gasteiger partial charge >= 0.3 is 0 Å². The summed E-state index contributed by atoms with van der Waals surface area (Å²) in [4.78, 5) is 33.4. The van der Waals surface area contributed by atoms with Crippen LogP contribution in [0.3, 0.4) is 0 Å². The number of carbonyl (C=O) groups is 2. The number of halogens is 2. The molecule has 0 spiro atoms. The second-order valence-electron chi connectivity index (χ2n) is 9.94. The monoisotopic (exact) mass is 514 g/mol. The summed E-state index contributed by atoms with van der Waals surface area (Å²) >= 11 is 0. The number of benzene rings is 1. The van der Waals surface area contributed by atoms with E-state index in [4.69, 9.17) is 9.47 Å². The molecular weight excluding hydrogens is 482 g/mol. The van der Waals surface area contributed by atoms with E-state index in [1.807, 2.05) is 6.07 Å². The zero-order chi connectivity index (χ0) is 25.9. The Morgan fingerprint density at radius 2 is 2.05 bits per heavy atom. The first-order valence-electron chi connectivity index (χ1n) is 12.9. The first-order valence-corrected chi connectivity index (χ1v) is 12.9. The van der Waals surface area contributed by atoms with E-state index in [-0.39, 0.29) is 31.0 Å². The van der Waals surface area contributed by atoms with Crippen molar-refractivity contribution in [3.05, 3.63) is 53.4 Å². The van der Waals surface area contributed by atoms with Crippen LogP contribution in [0.4, 0.5) is 8.78 Å². The van der Waals surface area contributed by atoms with E-state index in [1.165, 1.54) is 10.5 Å². The summed E-state index contributed by atoms with van der Waals surface area (Å²) < 4.78 is 39.2. The van der Waals surface area contributed by atoms with Gasteiger partial charge in [-0.25, -0.2) is 13.8 Å². The molecule has 1 aromatic carbocycles. The number of methoxy groups -OCH3 is 1. The molecule has 3 aliphatic rings. The average Bonchev–Trinajstić information content (AvgIpc) is 3.49. The van der Waals surface area contributed by atoms with Gasteiger partial charge in [-0.1, -0.05) is 6.07 Å². The number of hydrogen-bond donors (Lipinski definition) is 1. The molecule has 5 rings (SSSR count). The summed E-state index contributed by atoms with van der Waals surface area (Å²) in [6, 6.07) is 7.34. The summed E-state index contributed by atoms with van der Waals surface area (Å²) in [5.41, 5.74) is 0.691. The van der Waals surface area contributed by atoms with Crippen LogP contribution in [0.2, 0.25) is 0 Å². The number of nitrogens with zero attached hydrogens (tertiary/aromatic N) is 3. The Balaban J connectivity index is 1.39. The van der Waals surface area contributed by atoms with Gasteiger partial charge in [0.1, 0.15) is 5.82 Å². The normalized spacial score (nSPS) is 24.8. The smallest absolute Gasteiger partial charge is 0.275 e. The molecule has 3 atom stereocenters. The maximum Gasteiger partial charge on any atom is 0.275 e. The third kappa shape index (κ3) is 5.39. The molecule has 2 fully saturated rings. The van der Waals surface area contributed by atoms with Gasteiger partial charge in [0.05, 0.1) is 26.5 Å². The van der Waals surface area contributed by atoms with Crippen LogP contribution in [-0.4, -0.2) is 72.5 Å². The average molecular weight is 515 g/mol. The number of ether oxygens (including phenoxy) is 2. The maximum atomic E-state index is 14.3. The number of rotatable bonds is 2. The Kier molecular flexibility index (Phi) is 7.55. The summed E-state index contributed by atoms with van der Waals surface area (Å²) in [6.07, 6.45) is 5.01. The molecule has 198 valence electrons. The van der Waals surface area contributed by atoms with Gasteiger partial charge in [0.15, 0.2) is 23.0 Å². The lowest BCUT2D eigenvalue weighted by Gasteiger charge is -2.25. The van der Waals surface area contributed by atoms with E-state index < -0.39 is 23.2 Å². The molecule has 1 aromatic heterocycles. The highest BCUT2D eigenvalue weighted by molar-refractivity contribution is 5.95. The number of carbonyl (C=O) groups excluding carboxylic acids is 2. The van der Waals surface area contributed by atoms with Crippen molar-refractivity contribution in [2.45, 2.75) is 44.2 Å². The van der Waals surface area contributed by atoms with E-state index in [9.17, 15) is 18.4 Å². The van der Waals surface area contributed by atoms with E-state index >= 15 is 0 Å². The standard InChI is InChI=1S/C27H32F2N4O4/c1-36-23-7-6-17-12-24(23)37-10-3-2-8-32(27(35)26-20(29)13-19(28)15-31-26)16-25(34)30-14-18-11-22(17)33-9-4-5-21(18)33/h6-7,12-13,15,18,21-22H,2-5,8-11,14,16H2,1H3,(H,30,34)/t18-,21+,22-/m1/s1. The van der Waals surface area contributed by atoms with Crippen LogP contribution in [0, 0.1) is 17.6 Å². The van der Waals surface area contributed by atoms with Gasteiger partial charge in [-0.05, 0) is 62.3 Å². The second kappa shape index (κ2) is 11.0. The topological polar surface area (TPSA) is 84.0 Å². The van der Waals surface area contributed by atoms with Gasteiger partial charge in [0.25, 0.3) is 5.91 Å². The highest BCUT2D eigenvalue weighted by Crippen LogP contribution is 2.46. The van der Waals surface area contributed by atoms with Gasteiger partial charge in [-0.3, -0.25) is 14.5 Å². The van der Waals surface area contributed by atoms with Crippen LogP contribution in [0.15, 0.2) is 30.5 Å². The minimum absolute atomic E-state index is 0.202. The molecule has 1 N–H and O–H groups in total. The number of pyridine rings is 1. The molecular formula is C27H32F2N4O4. The van der Waals surface area contributed by atoms with E-state index in [2.05, 4.69) is 27.3 Å². The summed E-state index contributed by atoms with van der Waals surface area (Å²) in [5.74, 6) is -1.34. The molecule has 3 aliphatic heterocycles. The van der Waals surface area contributed by atoms with Gasteiger partial charge < -0.3 is 19.7 Å². The molecule has 37 heavy (non-hydrogen) atoms. The van der Waals surface area contributed by atoms with Crippen molar-refractivity contribution in [1.29, 1.82) is 0 Å². The lowest BCUT2D eigenvalue weighted by atomic mass is 9.94. The van der Waals surface area contributed by atoms with Crippen LogP contribution < -0.4 is 14.8 Å². The third-order valence-corrected chi connectivity index (χ3v) is 7.66. The Bertz CT molecular complexity index is 1160. The number of aromatic nitrogens is 1. The second-order valence-corrected chi connectivity index (χ2v) is 9.94. The lowest BCUT2D eigenvalue weighted by Crippen LogP contribution is -2.44. The zero-order valence-electron chi connectivity index (χ0n) is 20.9. The van der Waals surface area contributed by atoms with Crippen molar-refractivity contribution in [2.75, 3.05) is 39.9 Å². The Morgan fingerprint density at radius 1 is 1.19 bits per heavy atom. The largest absolute Gasteiger partial charge is 0.493 e. The molecule has 2 aromatic rings. The first-order chi connectivity index (χ1) is 17.9. The predicted molar refractivity (Wildman–Crippen MR) is 131 cm³/mol. The first kappa shape index (κ1) is 25.4. The number of nitrogens with one attached hydrogen (secondary N) is 1. The Hall–Kier alpha value is -3.27. The van der Waals surface area contributed by atoms with Crippen LogP contribution in [0.5, 0.6) is 11.5 Å². The van der Waals surface area contributed by atoms with Gasteiger partial charge in [0.2, 0.25) is 5.91 Å². The van der Waals surface area contributed by atoms with E-state index in [0.717, 1.165) is 32.0 Å². The molecule has 2 saturated heterocycles. The molecule has 2 amide bonds. The van der Waals surface area contributed by atoms with Gasteiger partial charge in [0, 0.05) is 31.2 Å². The number of hydrogen-bond acceptors (Lipinski definition) is 6. The fraction of sp³-hybridized carbons (Fsp3) is 0.519. The maximum absolute atomic E-state index is 14.3. The molecule has 10 heteroatoms. The highest BCUT2D eigenvalue weighted by atomic mass is 19.1. The quantitative estimate of drug-likeness (QED) is 0.662. The molecule has 0 radical (unpaired) electrons. The van der Waals surface area contributed by atoms with Crippen molar-refractivity contribution in [1.82, 2.24) is 20.1 Å². The summed E-state index contributed by atoms with van der Waals surface area (Å²) in [6.45, 7) is 1.88. The number of amides is 2. The molecule has 4 bridgehead atoms. The minimum Gasteiger partial charge on any atom is -0.493 e. The SMILES string of the molecule is COc1ccc2cc1OCCCCN(C(=O)c1ncc(F)cc1F)CC(=O)NC[C@H]1C[C@H]2N2CCC[C@@H]12. The molecule has 0 saturated carbocycles. The van der Waals surface area contributed by atoms with Crippen LogP contribution >= 0.6 is 0 Å². The van der Waals surface area contributed by atoms with Crippen LogP contribution in [-0.2, 0) is 4.79 Å². The fourth-order valence-corrected chi connectivity index (χ4v) is 5.88. The molecule has 4 heterocycles. The van der Waals surface area contributed by atoms with Crippen LogP contribution in [0.1, 0.15) is 54.2 Å². The van der Waals surface area contributed by atoms with Gasteiger partial charge in [-0.15, -0.1) is 0 Å². The molecule has 8 nitrogen and oxygen atoms in total. The predicted octanol–water partition coefficient (Wildman–Crippen LogP) is 3.33. The van der Waals surface area contributed by atoms with Crippen molar-refractivity contribution in [3.8, 4) is 11.5 Å². The zero-order valence-corrected chi connectivity index (χ0v) is 20.9. The lowest BCUT2D eigenvalue weighted by molar-refractivity contribution is -0.122. The van der Waals surface area contributed by atoms with Crippen molar-refractivity contribution < 1.29 is 27.8 Å². The third-order valence-electron chi connectivity index (χ3n) is 7.66. The summed E-state index contributed by atoms with van der Waals surface area (Å²) in [5, 5.41) is 3.01. The Morgan fingerprint density at radius 3 is 2.86 bits per heavy atom. The number of fused-ring (bicyclic) bond motifs is 8. The van der Waals surface area contributed by atoms with Crippen molar-refractivity contribution >= 4 is 11.8 Å². The van der Waals surface area contributed by atoms with Gasteiger partial charge in [-0.2, -0.15) is 0 Å². The van der Waals surface area contributed by atoms with E-state index in [1.54, 1.807) is 7.11 Å². The Labute approximate surface area is 214 Å². The van der Waals surface area contributed by atoms with E-state index in [0.29, 0.717) is 49.6 Å². The van der Waals surface area contributed by atoms with Crippen LogP contribution in [0.25, 0.3) is 0 Å².